The molecule has 132 valence electrons. The largest absolute Gasteiger partial charge is 0.482 e. The number of carbonyl (C=O) groups is 2. The molecule has 0 radical (unpaired) electrons. The maximum atomic E-state index is 12.2. The molecule has 0 unspecified atom stereocenters. The Morgan fingerprint density at radius 1 is 1.31 bits per heavy atom. The Balaban J connectivity index is 1.44. The number of amides is 1. The van der Waals surface area contributed by atoms with Gasteiger partial charge in [0.1, 0.15) is 23.9 Å². The summed E-state index contributed by atoms with van der Waals surface area (Å²) in [5.74, 6) is -0.219. The Bertz CT molecular complexity index is 971. The van der Waals surface area contributed by atoms with Crippen LogP contribution in [-0.2, 0) is 20.9 Å². The van der Waals surface area contributed by atoms with Crippen molar-refractivity contribution < 1.29 is 19.1 Å². The number of para-hydroxylation sites is 1. The Morgan fingerprint density at radius 3 is 3.00 bits per heavy atom. The van der Waals surface area contributed by atoms with E-state index in [2.05, 4.69) is 20.9 Å². The number of anilines is 1. The number of fused-ring (bicyclic) bond motifs is 2. The van der Waals surface area contributed by atoms with Crippen LogP contribution in [0, 0.1) is 0 Å². The van der Waals surface area contributed by atoms with Gasteiger partial charge in [0.25, 0.3) is 5.91 Å². The van der Waals surface area contributed by atoms with Crippen LogP contribution < -0.4 is 9.64 Å². The smallest absolute Gasteiger partial charge is 0.326 e. The molecule has 2 aromatic carbocycles. The minimum absolute atomic E-state index is 0.0872. The van der Waals surface area contributed by atoms with Gasteiger partial charge in [-0.1, -0.05) is 28.1 Å². The standard InChI is InChI=1S/C18H13BrN2O4S/c19-11-5-6-13-14(7-11)24-10-17(22)21(13)8-18(23)25-9-16-20-12-3-1-2-4-15(12)26-16/h1-7H,8-10H2. The van der Waals surface area contributed by atoms with Crippen molar-refractivity contribution in [2.45, 2.75) is 6.61 Å². The molecule has 8 heteroatoms. The summed E-state index contributed by atoms with van der Waals surface area (Å²) in [6.07, 6.45) is 0. The zero-order chi connectivity index (χ0) is 18.1. The number of hydrogen-bond donors (Lipinski definition) is 0. The SMILES string of the molecule is O=C(CN1C(=O)COc2cc(Br)ccc21)OCc1nc2ccccc2s1. The van der Waals surface area contributed by atoms with Gasteiger partial charge >= 0.3 is 5.97 Å². The highest BCUT2D eigenvalue weighted by atomic mass is 79.9. The van der Waals surface area contributed by atoms with Gasteiger partial charge < -0.3 is 9.47 Å². The van der Waals surface area contributed by atoms with Crippen molar-refractivity contribution in [1.29, 1.82) is 0 Å². The van der Waals surface area contributed by atoms with E-state index in [0.29, 0.717) is 11.4 Å². The highest BCUT2D eigenvalue weighted by Crippen LogP contribution is 2.34. The molecule has 0 bridgehead atoms. The zero-order valence-corrected chi connectivity index (χ0v) is 15.9. The van der Waals surface area contributed by atoms with E-state index in [-0.39, 0.29) is 25.7 Å². The van der Waals surface area contributed by atoms with Gasteiger partial charge in [-0.15, -0.1) is 11.3 Å². The van der Waals surface area contributed by atoms with Crippen molar-refractivity contribution >= 4 is 55.0 Å². The molecule has 2 heterocycles. The maximum absolute atomic E-state index is 12.2. The molecule has 0 fully saturated rings. The van der Waals surface area contributed by atoms with Crippen molar-refractivity contribution in [1.82, 2.24) is 4.98 Å². The fourth-order valence-corrected chi connectivity index (χ4v) is 3.87. The van der Waals surface area contributed by atoms with Gasteiger partial charge in [-0.2, -0.15) is 0 Å². The lowest BCUT2D eigenvalue weighted by atomic mass is 10.2. The van der Waals surface area contributed by atoms with Crippen LogP contribution in [0.1, 0.15) is 5.01 Å². The first-order chi connectivity index (χ1) is 12.6. The highest BCUT2D eigenvalue weighted by Gasteiger charge is 2.28. The third-order valence-corrected chi connectivity index (χ3v) is 5.35. The molecule has 1 amide bonds. The molecule has 0 N–H and O–H groups in total. The average Bonchev–Trinajstić information content (AvgIpc) is 3.05. The minimum atomic E-state index is -0.492. The molecule has 1 aliphatic heterocycles. The molecule has 26 heavy (non-hydrogen) atoms. The van der Waals surface area contributed by atoms with Gasteiger partial charge in [-0.05, 0) is 30.3 Å². The van der Waals surface area contributed by atoms with Gasteiger partial charge in [-0.3, -0.25) is 14.5 Å². The lowest BCUT2D eigenvalue weighted by Gasteiger charge is -2.28. The molecule has 0 spiro atoms. The van der Waals surface area contributed by atoms with Gasteiger partial charge in [0.15, 0.2) is 6.61 Å². The molecule has 1 aliphatic rings. The summed E-state index contributed by atoms with van der Waals surface area (Å²) in [6.45, 7) is -0.180. The molecule has 0 saturated heterocycles. The van der Waals surface area contributed by atoms with Crippen molar-refractivity contribution in [2.24, 2.45) is 0 Å². The van der Waals surface area contributed by atoms with Crippen LogP contribution in [0.2, 0.25) is 0 Å². The molecule has 6 nitrogen and oxygen atoms in total. The Labute approximate surface area is 161 Å². The van der Waals surface area contributed by atoms with E-state index in [0.717, 1.165) is 19.7 Å². The van der Waals surface area contributed by atoms with Crippen LogP contribution in [0.4, 0.5) is 5.69 Å². The number of rotatable bonds is 4. The summed E-state index contributed by atoms with van der Waals surface area (Å²) in [4.78, 5) is 30.2. The van der Waals surface area contributed by atoms with Crippen molar-refractivity contribution in [3.63, 3.8) is 0 Å². The van der Waals surface area contributed by atoms with Crippen molar-refractivity contribution in [3.8, 4) is 5.75 Å². The van der Waals surface area contributed by atoms with E-state index >= 15 is 0 Å². The second-order valence-electron chi connectivity index (χ2n) is 5.62. The second-order valence-corrected chi connectivity index (χ2v) is 7.65. The predicted octanol–water partition coefficient (Wildman–Crippen LogP) is 3.53. The zero-order valence-electron chi connectivity index (χ0n) is 13.5. The van der Waals surface area contributed by atoms with Gasteiger partial charge in [0.2, 0.25) is 0 Å². The van der Waals surface area contributed by atoms with E-state index in [4.69, 9.17) is 9.47 Å². The molecule has 1 aromatic heterocycles. The summed E-state index contributed by atoms with van der Waals surface area (Å²) in [5, 5.41) is 0.720. The third kappa shape index (κ3) is 3.42. The highest BCUT2D eigenvalue weighted by molar-refractivity contribution is 9.10. The van der Waals surface area contributed by atoms with Crippen LogP contribution in [-0.4, -0.2) is 30.0 Å². The summed E-state index contributed by atoms with van der Waals surface area (Å²) in [7, 11) is 0. The molecule has 0 saturated carbocycles. The van der Waals surface area contributed by atoms with E-state index < -0.39 is 5.97 Å². The lowest BCUT2D eigenvalue weighted by molar-refractivity contribution is -0.144. The van der Waals surface area contributed by atoms with E-state index in [1.54, 1.807) is 18.2 Å². The molecular formula is C18H13BrN2O4S. The van der Waals surface area contributed by atoms with Gasteiger partial charge in [-0.25, -0.2) is 4.98 Å². The summed E-state index contributed by atoms with van der Waals surface area (Å²) in [5.41, 5.74) is 1.44. The number of ether oxygens (including phenoxy) is 2. The number of aromatic nitrogens is 1. The quantitative estimate of drug-likeness (QED) is 0.589. The Kier molecular flexibility index (Phi) is 4.60. The number of carbonyl (C=O) groups excluding carboxylic acids is 2. The van der Waals surface area contributed by atoms with Crippen LogP contribution in [0.15, 0.2) is 46.9 Å². The van der Waals surface area contributed by atoms with Crippen LogP contribution in [0.25, 0.3) is 10.2 Å². The Morgan fingerprint density at radius 2 is 2.15 bits per heavy atom. The number of thiazole rings is 1. The molecule has 4 rings (SSSR count). The van der Waals surface area contributed by atoms with Gasteiger partial charge in [0.05, 0.1) is 15.9 Å². The number of hydrogen-bond acceptors (Lipinski definition) is 6. The molecular weight excluding hydrogens is 420 g/mol. The van der Waals surface area contributed by atoms with E-state index in [1.165, 1.54) is 16.2 Å². The average molecular weight is 433 g/mol. The van der Waals surface area contributed by atoms with Crippen LogP contribution in [0.5, 0.6) is 5.75 Å². The van der Waals surface area contributed by atoms with E-state index in [9.17, 15) is 9.59 Å². The number of nitrogens with zero attached hydrogens (tertiary/aromatic N) is 2. The second kappa shape index (κ2) is 7.05. The normalized spacial score (nSPS) is 13.4. The molecule has 3 aromatic rings. The number of benzene rings is 2. The first-order valence-electron chi connectivity index (χ1n) is 7.83. The van der Waals surface area contributed by atoms with Crippen molar-refractivity contribution in [3.05, 3.63) is 51.9 Å². The topological polar surface area (TPSA) is 68.7 Å². The summed E-state index contributed by atoms with van der Waals surface area (Å²) in [6, 6.07) is 13.0. The fourth-order valence-electron chi connectivity index (χ4n) is 2.65. The predicted molar refractivity (Wildman–Crippen MR) is 101 cm³/mol. The summed E-state index contributed by atoms with van der Waals surface area (Å²) >= 11 is 4.84. The maximum Gasteiger partial charge on any atom is 0.326 e. The third-order valence-electron chi connectivity index (χ3n) is 3.85. The van der Waals surface area contributed by atoms with Crippen LogP contribution >= 0.6 is 27.3 Å². The lowest BCUT2D eigenvalue weighted by Crippen LogP contribution is -2.42. The minimum Gasteiger partial charge on any atom is -0.482 e. The first-order valence-corrected chi connectivity index (χ1v) is 9.44. The number of esters is 1. The fraction of sp³-hybridized carbons (Fsp3) is 0.167. The van der Waals surface area contributed by atoms with Gasteiger partial charge in [0, 0.05) is 4.47 Å². The monoisotopic (exact) mass is 432 g/mol. The molecule has 0 aliphatic carbocycles. The molecule has 0 atom stereocenters. The van der Waals surface area contributed by atoms with Crippen LogP contribution in [0.3, 0.4) is 0 Å². The first kappa shape index (κ1) is 17.0. The summed E-state index contributed by atoms with van der Waals surface area (Å²) < 4.78 is 12.6. The Hall–Kier alpha value is -2.45. The van der Waals surface area contributed by atoms with E-state index in [1.807, 2.05) is 24.3 Å². The van der Waals surface area contributed by atoms with Crippen molar-refractivity contribution in [2.75, 3.05) is 18.1 Å². The number of halogens is 1.